The maximum atomic E-state index is 12.4. The molecule has 0 spiro atoms. The first kappa shape index (κ1) is 15.9. The lowest BCUT2D eigenvalue weighted by Gasteiger charge is -2.05. The molecule has 2 aromatic heterocycles. The molecule has 0 amide bonds. The lowest BCUT2D eigenvalue weighted by molar-refractivity contribution is 0.414. The van der Waals surface area contributed by atoms with Gasteiger partial charge in [-0.15, -0.1) is 0 Å². The van der Waals surface area contributed by atoms with Crippen molar-refractivity contribution in [2.24, 2.45) is 21.1 Å². The van der Waals surface area contributed by atoms with E-state index < -0.39 is 0 Å². The molecule has 124 valence electrons. The van der Waals surface area contributed by atoms with Gasteiger partial charge >= 0.3 is 5.69 Å². The Kier molecular flexibility index (Phi) is 3.89. The normalized spacial score (nSPS) is 11.5. The summed E-state index contributed by atoms with van der Waals surface area (Å²) >= 11 is 0. The topological polar surface area (TPSA) is 58.2 Å². The second kappa shape index (κ2) is 5.88. The Morgan fingerprint density at radius 3 is 2.38 bits per heavy atom. The van der Waals surface area contributed by atoms with Gasteiger partial charge in [-0.25, -0.2) is 4.79 Å². The van der Waals surface area contributed by atoms with Gasteiger partial charge in [0.05, 0.1) is 12.6 Å². The van der Waals surface area contributed by atoms with Gasteiger partial charge in [0.15, 0.2) is 0 Å². The van der Waals surface area contributed by atoms with E-state index in [0.717, 1.165) is 21.6 Å². The summed E-state index contributed by atoms with van der Waals surface area (Å²) in [5, 5.41) is 0. The zero-order valence-electron chi connectivity index (χ0n) is 14.1. The number of hydrogen-bond donors (Lipinski definition) is 0. The van der Waals surface area contributed by atoms with Gasteiger partial charge in [0.2, 0.25) is 0 Å². The van der Waals surface area contributed by atoms with Crippen molar-refractivity contribution in [2.75, 3.05) is 7.11 Å². The van der Waals surface area contributed by atoms with Gasteiger partial charge in [-0.05, 0) is 24.3 Å². The molecule has 3 rings (SSSR count). The highest BCUT2D eigenvalue weighted by atomic mass is 16.5. The van der Waals surface area contributed by atoms with Crippen LogP contribution in [-0.4, -0.2) is 20.8 Å². The minimum absolute atomic E-state index is 0.299. The summed E-state index contributed by atoms with van der Waals surface area (Å²) in [6.45, 7) is 0. The van der Waals surface area contributed by atoms with Crippen molar-refractivity contribution in [2.45, 2.75) is 0 Å². The van der Waals surface area contributed by atoms with Crippen molar-refractivity contribution in [3.63, 3.8) is 0 Å². The molecule has 1 aromatic carbocycles. The molecule has 0 aliphatic carbocycles. The Balaban J connectivity index is 2.18. The van der Waals surface area contributed by atoms with E-state index in [1.165, 1.54) is 11.6 Å². The van der Waals surface area contributed by atoms with Crippen molar-refractivity contribution < 1.29 is 4.74 Å². The number of aryl methyl sites for hydroxylation is 2. The molecular weight excluding hydrogens is 306 g/mol. The predicted molar refractivity (Wildman–Crippen MR) is 95.3 cm³/mol. The molecule has 3 aromatic rings. The molecular formula is C18H19N3O3. The molecule has 0 saturated heterocycles. The number of rotatable bonds is 3. The molecule has 0 unspecified atom stereocenters. The van der Waals surface area contributed by atoms with Crippen LogP contribution in [0.15, 0.2) is 39.9 Å². The second-order valence-corrected chi connectivity index (χ2v) is 5.64. The van der Waals surface area contributed by atoms with Crippen molar-refractivity contribution in [3.8, 4) is 5.75 Å². The van der Waals surface area contributed by atoms with Gasteiger partial charge in [0.1, 0.15) is 11.3 Å². The third-order valence-electron chi connectivity index (χ3n) is 4.26. The summed E-state index contributed by atoms with van der Waals surface area (Å²) in [6.07, 6.45) is 3.83. The van der Waals surface area contributed by atoms with Crippen LogP contribution in [-0.2, 0) is 21.1 Å². The molecule has 6 nitrogen and oxygen atoms in total. The minimum Gasteiger partial charge on any atom is -0.496 e. The fraction of sp³-hybridized carbons (Fsp3) is 0.222. The molecule has 6 heteroatoms. The van der Waals surface area contributed by atoms with Crippen molar-refractivity contribution in [3.05, 3.63) is 62.4 Å². The zero-order valence-corrected chi connectivity index (χ0v) is 14.1. The highest BCUT2D eigenvalue weighted by Crippen LogP contribution is 2.21. The third-order valence-corrected chi connectivity index (χ3v) is 4.26. The van der Waals surface area contributed by atoms with E-state index in [0.29, 0.717) is 11.0 Å². The van der Waals surface area contributed by atoms with Crippen LogP contribution in [0.25, 0.3) is 23.2 Å². The summed E-state index contributed by atoms with van der Waals surface area (Å²) in [7, 11) is 6.60. The Labute approximate surface area is 138 Å². The van der Waals surface area contributed by atoms with Gasteiger partial charge in [-0.3, -0.25) is 13.9 Å². The Hall–Kier alpha value is -3.02. The predicted octanol–water partition coefficient (Wildman–Crippen LogP) is 1.75. The van der Waals surface area contributed by atoms with Crippen LogP contribution < -0.4 is 16.0 Å². The molecule has 0 aliphatic heterocycles. The first-order valence-electron chi connectivity index (χ1n) is 7.52. The highest BCUT2D eigenvalue weighted by molar-refractivity contribution is 5.82. The molecule has 0 saturated carbocycles. The van der Waals surface area contributed by atoms with E-state index in [9.17, 15) is 9.59 Å². The van der Waals surface area contributed by atoms with Crippen LogP contribution in [0.1, 0.15) is 11.3 Å². The first-order chi connectivity index (χ1) is 11.5. The van der Waals surface area contributed by atoms with Gasteiger partial charge in [-0.1, -0.05) is 18.2 Å². The van der Waals surface area contributed by atoms with E-state index in [-0.39, 0.29) is 11.2 Å². The summed E-state index contributed by atoms with van der Waals surface area (Å²) in [6, 6.07) is 9.52. The number of methoxy groups -OCH3 is 1. The number of fused-ring (bicyclic) bond motifs is 1. The van der Waals surface area contributed by atoms with Crippen LogP contribution in [0.2, 0.25) is 0 Å². The van der Waals surface area contributed by atoms with E-state index in [4.69, 9.17) is 4.74 Å². The van der Waals surface area contributed by atoms with E-state index >= 15 is 0 Å². The maximum absolute atomic E-state index is 12.4. The van der Waals surface area contributed by atoms with E-state index in [2.05, 4.69) is 0 Å². The van der Waals surface area contributed by atoms with Crippen LogP contribution in [0.3, 0.4) is 0 Å². The van der Waals surface area contributed by atoms with Crippen LogP contribution in [0, 0.1) is 0 Å². The van der Waals surface area contributed by atoms with Crippen molar-refractivity contribution in [1.82, 2.24) is 13.7 Å². The fourth-order valence-electron chi connectivity index (χ4n) is 2.83. The van der Waals surface area contributed by atoms with E-state index in [1.54, 1.807) is 18.7 Å². The molecule has 0 bridgehead atoms. The summed E-state index contributed by atoms with van der Waals surface area (Å²) in [5.41, 5.74) is 2.25. The average Bonchev–Trinajstić information content (AvgIpc) is 2.93. The van der Waals surface area contributed by atoms with Gasteiger partial charge < -0.3 is 9.30 Å². The second-order valence-electron chi connectivity index (χ2n) is 5.64. The van der Waals surface area contributed by atoms with E-state index in [1.807, 2.05) is 49.5 Å². The SMILES string of the molecule is COc1ccccc1/C=C/c1cc2c(c(=O)n(C)c(=O)n2C)n1C. The summed E-state index contributed by atoms with van der Waals surface area (Å²) in [4.78, 5) is 24.5. The number of ether oxygens (including phenoxy) is 1. The number of benzene rings is 1. The average molecular weight is 325 g/mol. The molecule has 0 fully saturated rings. The standard InChI is InChI=1S/C18H19N3O3/c1-19-13(10-9-12-7-5-6-8-15(12)24-4)11-14-16(19)17(22)21(3)18(23)20(14)2/h5-11H,1-4H3/b10-9+. The zero-order chi connectivity index (χ0) is 17.4. The lowest BCUT2D eigenvalue weighted by Crippen LogP contribution is -2.37. The maximum Gasteiger partial charge on any atom is 0.331 e. The molecule has 0 aliphatic rings. The number of aromatic nitrogens is 3. The number of para-hydroxylation sites is 1. The molecule has 0 atom stereocenters. The summed E-state index contributed by atoms with van der Waals surface area (Å²) < 4.78 is 9.73. The Bertz CT molecular complexity index is 1070. The monoisotopic (exact) mass is 325 g/mol. The van der Waals surface area contributed by atoms with Crippen molar-refractivity contribution in [1.29, 1.82) is 0 Å². The molecule has 0 radical (unpaired) electrons. The largest absolute Gasteiger partial charge is 0.496 e. The third kappa shape index (κ3) is 2.36. The van der Waals surface area contributed by atoms with Crippen LogP contribution in [0.5, 0.6) is 5.75 Å². The van der Waals surface area contributed by atoms with Gasteiger partial charge in [0.25, 0.3) is 5.56 Å². The Morgan fingerprint density at radius 2 is 1.67 bits per heavy atom. The molecule has 2 heterocycles. The summed E-state index contributed by atoms with van der Waals surface area (Å²) in [5.74, 6) is 0.774. The molecule has 0 N–H and O–H groups in total. The smallest absolute Gasteiger partial charge is 0.331 e. The van der Waals surface area contributed by atoms with Crippen LogP contribution in [0.4, 0.5) is 0 Å². The molecule has 24 heavy (non-hydrogen) atoms. The highest BCUT2D eigenvalue weighted by Gasteiger charge is 2.13. The lowest BCUT2D eigenvalue weighted by atomic mass is 10.2. The quantitative estimate of drug-likeness (QED) is 0.737. The van der Waals surface area contributed by atoms with Gasteiger partial charge in [0, 0.05) is 32.4 Å². The number of hydrogen-bond acceptors (Lipinski definition) is 3. The minimum atomic E-state index is -0.335. The first-order valence-corrected chi connectivity index (χ1v) is 7.52. The van der Waals surface area contributed by atoms with Crippen molar-refractivity contribution >= 4 is 23.2 Å². The number of nitrogens with zero attached hydrogens (tertiary/aromatic N) is 3. The van der Waals surface area contributed by atoms with Gasteiger partial charge in [-0.2, -0.15) is 0 Å². The van der Waals surface area contributed by atoms with Crippen LogP contribution >= 0.6 is 0 Å². The fourth-order valence-corrected chi connectivity index (χ4v) is 2.83. The Morgan fingerprint density at radius 1 is 0.958 bits per heavy atom.